The summed E-state index contributed by atoms with van der Waals surface area (Å²) in [6.07, 6.45) is 1.63. The zero-order valence-corrected chi connectivity index (χ0v) is 17.3. The Balaban J connectivity index is 1.58. The van der Waals surface area contributed by atoms with Crippen molar-refractivity contribution in [3.8, 4) is 0 Å². The monoisotopic (exact) mass is 441 g/mol. The average Bonchev–Trinajstić information content (AvgIpc) is 3.42. The summed E-state index contributed by atoms with van der Waals surface area (Å²) in [5.74, 6) is -2.33. The van der Waals surface area contributed by atoms with Gasteiger partial charge in [-0.1, -0.05) is 35.3 Å². The second kappa shape index (κ2) is 6.06. The van der Waals surface area contributed by atoms with Crippen molar-refractivity contribution in [2.75, 3.05) is 16.8 Å². The molecule has 8 heteroatoms. The van der Waals surface area contributed by atoms with Crippen LogP contribution in [-0.4, -0.2) is 35.2 Å². The molecule has 6 rings (SSSR count). The molecule has 152 valence electrons. The van der Waals surface area contributed by atoms with E-state index in [0.717, 1.165) is 12.8 Å². The smallest absolute Gasteiger partial charge is 0.250 e. The molecule has 2 aromatic rings. The molecule has 0 bridgehead atoms. The van der Waals surface area contributed by atoms with E-state index in [4.69, 9.17) is 23.2 Å². The van der Waals surface area contributed by atoms with Crippen LogP contribution in [0.2, 0.25) is 10.0 Å². The molecule has 3 fully saturated rings. The number of nitrogens with zero attached hydrogens (tertiary/aromatic N) is 2. The summed E-state index contributed by atoms with van der Waals surface area (Å²) in [4.78, 5) is 44.1. The number of rotatable bonds is 1. The maximum absolute atomic E-state index is 13.8. The molecule has 4 unspecified atom stereocenters. The Bertz CT molecular complexity index is 1150. The molecule has 0 aliphatic carbocycles. The van der Waals surface area contributed by atoms with Crippen molar-refractivity contribution < 1.29 is 14.4 Å². The van der Waals surface area contributed by atoms with Gasteiger partial charge in [0.25, 0.3) is 0 Å². The van der Waals surface area contributed by atoms with Crippen LogP contribution in [0, 0.1) is 11.8 Å². The van der Waals surface area contributed by atoms with Gasteiger partial charge in [0.1, 0.15) is 5.54 Å². The van der Waals surface area contributed by atoms with Crippen molar-refractivity contribution >= 4 is 52.3 Å². The van der Waals surface area contributed by atoms with E-state index in [0.29, 0.717) is 33.5 Å². The van der Waals surface area contributed by atoms with Crippen LogP contribution in [-0.2, 0) is 19.9 Å². The summed E-state index contributed by atoms with van der Waals surface area (Å²) in [5.41, 5.74) is 0.469. The van der Waals surface area contributed by atoms with Gasteiger partial charge in [-0.2, -0.15) is 0 Å². The number of halogens is 2. The Morgan fingerprint density at radius 2 is 1.83 bits per heavy atom. The van der Waals surface area contributed by atoms with Gasteiger partial charge >= 0.3 is 0 Å². The topological polar surface area (TPSA) is 69.7 Å². The first-order chi connectivity index (χ1) is 14.5. The first kappa shape index (κ1) is 18.4. The summed E-state index contributed by atoms with van der Waals surface area (Å²) in [5, 5.41) is 3.76. The van der Waals surface area contributed by atoms with Gasteiger partial charge in [-0.3, -0.25) is 19.3 Å². The van der Waals surface area contributed by atoms with Gasteiger partial charge in [-0.05, 0) is 49.7 Å². The number of nitrogens with one attached hydrogen (secondary N) is 1. The second-order valence-electron chi connectivity index (χ2n) is 8.28. The van der Waals surface area contributed by atoms with Crippen LogP contribution in [0.4, 0.5) is 11.4 Å². The number of para-hydroxylation sites is 1. The highest BCUT2D eigenvalue weighted by atomic mass is 35.5. The Labute approximate surface area is 182 Å². The number of carbonyl (C=O) groups is 3. The van der Waals surface area contributed by atoms with Crippen LogP contribution in [0.5, 0.6) is 0 Å². The molecule has 6 nitrogen and oxygen atoms in total. The third-order valence-electron chi connectivity index (χ3n) is 7.05. The van der Waals surface area contributed by atoms with Crippen molar-refractivity contribution in [2.24, 2.45) is 11.8 Å². The molecule has 3 saturated heterocycles. The molecule has 1 spiro atoms. The molecule has 0 aromatic heterocycles. The third kappa shape index (κ3) is 2.02. The fraction of sp³-hybridized carbons (Fsp3) is 0.318. The number of hydrogen-bond donors (Lipinski definition) is 1. The molecular formula is C22H17Cl2N3O3. The Morgan fingerprint density at radius 3 is 2.63 bits per heavy atom. The fourth-order valence-electron chi connectivity index (χ4n) is 6.05. The van der Waals surface area contributed by atoms with Crippen molar-refractivity contribution in [2.45, 2.75) is 24.4 Å². The van der Waals surface area contributed by atoms with E-state index < -0.39 is 17.4 Å². The van der Waals surface area contributed by atoms with E-state index in [1.807, 2.05) is 0 Å². The van der Waals surface area contributed by atoms with Crippen molar-refractivity contribution in [3.05, 3.63) is 58.1 Å². The summed E-state index contributed by atoms with van der Waals surface area (Å²) >= 11 is 12.6. The lowest BCUT2D eigenvalue weighted by Gasteiger charge is -2.36. The first-order valence-electron chi connectivity index (χ1n) is 9.97. The lowest BCUT2D eigenvalue weighted by Crippen LogP contribution is -2.54. The minimum Gasteiger partial charge on any atom is -0.324 e. The number of amides is 3. The Morgan fingerprint density at radius 1 is 1.03 bits per heavy atom. The maximum Gasteiger partial charge on any atom is 0.250 e. The Hall–Kier alpha value is -2.41. The predicted octanol–water partition coefficient (Wildman–Crippen LogP) is 3.42. The predicted molar refractivity (Wildman–Crippen MR) is 112 cm³/mol. The molecule has 2 aromatic carbocycles. The van der Waals surface area contributed by atoms with E-state index in [1.165, 1.54) is 4.90 Å². The molecule has 3 amide bonds. The molecule has 0 saturated carbocycles. The van der Waals surface area contributed by atoms with Crippen LogP contribution in [0.25, 0.3) is 0 Å². The van der Waals surface area contributed by atoms with Crippen molar-refractivity contribution in [3.63, 3.8) is 0 Å². The Kier molecular flexibility index (Phi) is 3.71. The normalized spacial score (nSPS) is 32.0. The lowest BCUT2D eigenvalue weighted by molar-refractivity contribution is -0.135. The molecule has 4 aliphatic heterocycles. The van der Waals surface area contributed by atoms with Gasteiger partial charge in [-0.25, -0.2) is 4.90 Å². The molecule has 4 heterocycles. The summed E-state index contributed by atoms with van der Waals surface area (Å²) in [6.45, 7) is 0.656. The minimum absolute atomic E-state index is 0.172. The van der Waals surface area contributed by atoms with E-state index in [2.05, 4.69) is 10.2 Å². The number of anilines is 2. The van der Waals surface area contributed by atoms with Gasteiger partial charge in [0, 0.05) is 22.3 Å². The first-order valence-corrected chi connectivity index (χ1v) is 10.7. The number of fused-ring (bicyclic) bond motifs is 7. The number of benzene rings is 2. The lowest BCUT2D eigenvalue weighted by atomic mass is 9.75. The maximum atomic E-state index is 13.8. The van der Waals surface area contributed by atoms with Crippen LogP contribution in [0.15, 0.2) is 42.5 Å². The van der Waals surface area contributed by atoms with Gasteiger partial charge in [-0.15, -0.1) is 0 Å². The summed E-state index contributed by atoms with van der Waals surface area (Å²) in [7, 11) is 0. The molecule has 30 heavy (non-hydrogen) atoms. The minimum atomic E-state index is -1.23. The standard InChI is InChI=1S/C22H17Cl2N3O3/c23-11-7-8-14-12(10-11)22(21(30)25-14)18-17(16-6-3-9-26(16)22)19(28)27(20(18)29)15-5-2-1-4-13(15)24/h1-2,4-5,7-8,10,16-18H,3,6,9H2,(H,25,30). The second-order valence-corrected chi connectivity index (χ2v) is 9.12. The van der Waals surface area contributed by atoms with E-state index in [1.54, 1.807) is 42.5 Å². The fourth-order valence-corrected chi connectivity index (χ4v) is 6.44. The highest BCUT2D eigenvalue weighted by molar-refractivity contribution is 6.36. The number of carbonyl (C=O) groups excluding carboxylic acids is 3. The van der Waals surface area contributed by atoms with Gasteiger partial charge in [0.2, 0.25) is 17.7 Å². The largest absolute Gasteiger partial charge is 0.324 e. The van der Waals surface area contributed by atoms with E-state index in [9.17, 15) is 14.4 Å². The molecular weight excluding hydrogens is 425 g/mol. The van der Waals surface area contributed by atoms with Crippen LogP contribution in [0.1, 0.15) is 18.4 Å². The third-order valence-corrected chi connectivity index (χ3v) is 7.60. The van der Waals surface area contributed by atoms with E-state index >= 15 is 0 Å². The van der Waals surface area contributed by atoms with Crippen LogP contribution < -0.4 is 10.2 Å². The SMILES string of the molecule is O=C1C2C3CCCN3C3(C(=O)Nc4ccc(Cl)cc43)C2C(=O)N1c1ccccc1Cl. The quantitative estimate of drug-likeness (QED) is 0.688. The van der Waals surface area contributed by atoms with Gasteiger partial charge in [0.05, 0.1) is 22.5 Å². The average molecular weight is 442 g/mol. The zero-order chi connectivity index (χ0) is 20.8. The molecule has 4 aliphatic rings. The number of hydrogen-bond acceptors (Lipinski definition) is 4. The molecule has 0 radical (unpaired) electrons. The van der Waals surface area contributed by atoms with Gasteiger partial charge < -0.3 is 5.32 Å². The highest BCUT2D eigenvalue weighted by Gasteiger charge is 2.74. The molecule has 1 N–H and O–H groups in total. The van der Waals surface area contributed by atoms with Crippen LogP contribution in [0.3, 0.4) is 0 Å². The van der Waals surface area contributed by atoms with Crippen molar-refractivity contribution in [1.82, 2.24) is 4.90 Å². The number of imide groups is 1. The van der Waals surface area contributed by atoms with Crippen LogP contribution >= 0.6 is 23.2 Å². The van der Waals surface area contributed by atoms with Crippen molar-refractivity contribution in [1.29, 1.82) is 0 Å². The summed E-state index contributed by atoms with van der Waals surface area (Å²) in [6, 6.07) is 11.9. The highest BCUT2D eigenvalue weighted by Crippen LogP contribution is 2.61. The zero-order valence-electron chi connectivity index (χ0n) is 15.8. The van der Waals surface area contributed by atoms with E-state index in [-0.39, 0.29) is 23.8 Å². The summed E-state index contributed by atoms with van der Waals surface area (Å²) < 4.78 is 0. The van der Waals surface area contributed by atoms with Gasteiger partial charge in [0.15, 0.2) is 0 Å². The molecule has 4 atom stereocenters.